The Morgan fingerprint density at radius 3 is 2.38 bits per heavy atom. The van der Waals surface area contributed by atoms with E-state index < -0.39 is 5.92 Å². The van der Waals surface area contributed by atoms with Crippen molar-refractivity contribution in [2.45, 2.75) is 19.8 Å². The number of nitrogens with one attached hydrogen (secondary N) is 1. The van der Waals surface area contributed by atoms with Crippen LogP contribution in [0.5, 0.6) is 0 Å². The molecule has 2 rings (SSSR count). The third-order valence-electron chi connectivity index (χ3n) is 3.32. The van der Waals surface area contributed by atoms with Gasteiger partial charge >= 0.3 is 0 Å². The molecule has 0 fully saturated rings. The molecule has 2 aromatic carbocycles. The van der Waals surface area contributed by atoms with E-state index in [2.05, 4.69) is 5.32 Å². The van der Waals surface area contributed by atoms with Crippen LogP contribution >= 0.6 is 12.2 Å². The molecule has 21 heavy (non-hydrogen) atoms. The maximum absolute atomic E-state index is 12.5. The molecular weight excluding hydrogens is 280 g/mol. The first kappa shape index (κ1) is 15.2. The van der Waals surface area contributed by atoms with Crippen LogP contribution in [0.3, 0.4) is 0 Å². The van der Waals surface area contributed by atoms with Gasteiger partial charge in [-0.3, -0.25) is 4.79 Å². The van der Waals surface area contributed by atoms with Crippen LogP contribution in [-0.4, -0.2) is 10.9 Å². The van der Waals surface area contributed by atoms with Crippen LogP contribution in [0.25, 0.3) is 0 Å². The lowest BCUT2D eigenvalue weighted by atomic mass is 9.98. The third-order valence-corrected chi connectivity index (χ3v) is 3.56. The van der Waals surface area contributed by atoms with Gasteiger partial charge in [0.25, 0.3) is 0 Å². The number of nitrogens with two attached hydrogens (primary N) is 1. The minimum absolute atomic E-state index is 0.170. The van der Waals surface area contributed by atoms with Gasteiger partial charge in [0.15, 0.2) is 0 Å². The van der Waals surface area contributed by atoms with E-state index in [0.29, 0.717) is 0 Å². The number of thiocarbonyl (C=S) groups is 1. The molecule has 0 bridgehead atoms. The van der Waals surface area contributed by atoms with E-state index in [-0.39, 0.29) is 10.9 Å². The van der Waals surface area contributed by atoms with Crippen molar-refractivity contribution in [3.05, 3.63) is 65.2 Å². The summed E-state index contributed by atoms with van der Waals surface area (Å²) in [6.07, 6.45) is 0. The van der Waals surface area contributed by atoms with Gasteiger partial charge in [-0.25, -0.2) is 0 Å². The first-order valence-electron chi connectivity index (χ1n) is 6.71. The minimum Gasteiger partial charge on any atom is -0.392 e. The molecule has 0 aliphatic heterocycles. The lowest BCUT2D eigenvalue weighted by Crippen LogP contribution is -2.31. The van der Waals surface area contributed by atoms with Crippen molar-refractivity contribution in [2.75, 3.05) is 5.32 Å². The molecule has 3 N–H and O–H groups in total. The Labute approximate surface area is 130 Å². The quantitative estimate of drug-likeness (QED) is 0.851. The van der Waals surface area contributed by atoms with Gasteiger partial charge < -0.3 is 11.1 Å². The van der Waals surface area contributed by atoms with Crippen LogP contribution in [0, 0.1) is 13.8 Å². The average molecular weight is 298 g/mol. The molecular formula is C17H18N2OS. The van der Waals surface area contributed by atoms with Gasteiger partial charge in [0.1, 0.15) is 5.92 Å². The Morgan fingerprint density at radius 2 is 1.81 bits per heavy atom. The molecule has 4 heteroatoms. The van der Waals surface area contributed by atoms with Crippen LogP contribution < -0.4 is 11.1 Å². The summed E-state index contributed by atoms with van der Waals surface area (Å²) in [6, 6.07) is 15.2. The number of hydrogen-bond acceptors (Lipinski definition) is 2. The van der Waals surface area contributed by atoms with E-state index in [0.717, 1.165) is 22.4 Å². The van der Waals surface area contributed by atoms with Gasteiger partial charge in [0, 0.05) is 5.69 Å². The standard InChI is InChI=1S/C17H18N2OS/c1-11-8-9-14(12(2)10-11)19-17(20)15(16(18)21)13-6-4-3-5-7-13/h3-10,15H,1-2H3,(H2,18,21)(H,19,20). The number of anilines is 1. The normalized spacial score (nSPS) is 11.7. The number of rotatable bonds is 4. The molecule has 1 amide bonds. The summed E-state index contributed by atoms with van der Waals surface area (Å²) in [5.41, 5.74) is 9.50. The first-order valence-corrected chi connectivity index (χ1v) is 7.12. The fraction of sp³-hybridized carbons (Fsp3) is 0.176. The Hall–Kier alpha value is -2.20. The van der Waals surface area contributed by atoms with Crippen molar-refractivity contribution < 1.29 is 4.79 Å². The van der Waals surface area contributed by atoms with E-state index in [1.807, 2.05) is 62.4 Å². The van der Waals surface area contributed by atoms with Crippen LogP contribution in [0.2, 0.25) is 0 Å². The van der Waals surface area contributed by atoms with Gasteiger partial charge in [-0.1, -0.05) is 60.2 Å². The van der Waals surface area contributed by atoms with Crippen molar-refractivity contribution in [1.82, 2.24) is 0 Å². The minimum atomic E-state index is -0.623. The van der Waals surface area contributed by atoms with Crippen molar-refractivity contribution in [1.29, 1.82) is 0 Å². The van der Waals surface area contributed by atoms with Crippen LogP contribution in [0.4, 0.5) is 5.69 Å². The largest absolute Gasteiger partial charge is 0.392 e. The number of carbonyl (C=O) groups excluding carboxylic acids is 1. The molecule has 0 spiro atoms. The van der Waals surface area contributed by atoms with Crippen molar-refractivity contribution >= 4 is 28.8 Å². The third kappa shape index (κ3) is 3.67. The van der Waals surface area contributed by atoms with E-state index >= 15 is 0 Å². The molecule has 0 aliphatic carbocycles. The Balaban J connectivity index is 2.26. The van der Waals surface area contributed by atoms with Crippen molar-refractivity contribution in [3.63, 3.8) is 0 Å². The second-order valence-electron chi connectivity index (χ2n) is 5.05. The maximum Gasteiger partial charge on any atom is 0.238 e. The van der Waals surface area contributed by atoms with Gasteiger partial charge in [0.2, 0.25) is 5.91 Å². The highest BCUT2D eigenvalue weighted by Crippen LogP contribution is 2.21. The monoisotopic (exact) mass is 298 g/mol. The fourth-order valence-corrected chi connectivity index (χ4v) is 2.49. The highest BCUT2D eigenvalue weighted by molar-refractivity contribution is 7.80. The molecule has 3 nitrogen and oxygen atoms in total. The van der Waals surface area contributed by atoms with Crippen molar-refractivity contribution in [3.8, 4) is 0 Å². The number of carbonyl (C=O) groups is 1. The average Bonchev–Trinajstić information content (AvgIpc) is 2.43. The molecule has 0 radical (unpaired) electrons. The zero-order chi connectivity index (χ0) is 15.4. The highest BCUT2D eigenvalue weighted by Gasteiger charge is 2.23. The first-order chi connectivity index (χ1) is 9.99. The summed E-state index contributed by atoms with van der Waals surface area (Å²) in [4.78, 5) is 12.7. The smallest absolute Gasteiger partial charge is 0.238 e. The van der Waals surface area contributed by atoms with Gasteiger partial charge in [0.05, 0.1) is 4.99 Å². The van der Waals surface area contributed by atoms with Crippen LogP contribution in [0.15, 0.2) is 48.5 Å². The molecule has 1 atom stereocenters. The maximum atomic E-state index is 12.5. The summed E-state index contributed by atoms with van der Waals surface area (Å²) in [5, 5.41) is 2.91. The van der Waals surface area contributed by atoms with E-state index in [4.69, 9.17) is 18.0 Å². The predicted molar refractivity (Wildman–Crippen MR) is 90.5 cm³/mol. The summed E-state index contributed by atoms with van der Waals surface area (Å²) < 4.78 is 0. The lowest BCUT2D eigenvalue weighted by molar-refractivity contribution is -0.116. The second-order valence-corrected chi connectivity index (χ2v) is 5.53. The Morgan fingerprint density at radius 1 is 1.14 bits per heavy atom. The number of amides is 1. The van der Waals surface area contributed by atoms with Gasteiger partial charge in [-0.2, -0.15) is 0 Å². The SMILES string of the molecule is Cc1ccc(NC(=O)C(C(N)=S)c2ccccc2)c(C)c1. The Bertz CT molecular complexity index is 668. The molecule has 2 aromatic rings. The summed E-state index contributed by atoms with van der Waals surface area (Å²) in [5.74, 6) is -0.831. The highest BCUT2D eigenvalue weighted by atomic mass is 32.1. The number of benzene rings is 2. The second kappa shape index (κ2) is 6.50. The Kier molecular flexibility index (Phi) is 4.70. The molecule has 108 valence electrons. The summed E-state index contributed by atoms with van der Waals surface area (Å²) in [7, 11) is 0. The summed E-state index contributed by atoms with van der Waals surface area (Å²) in [6.45, 7) is 3.97. The molecule has 0 heterocycles. The lowest BCUT2D eigenvalue weighted by Gasteiger charge is -2.17. The fourth-order valence-electron chi connectivity index (χ4n) is 2.25. The number of hydrogen-bond donors (Lipinski definition) is 2. The van der Waals surface area contributed by atoms with Gasteiger partial charge in [-0.05, 0) is 31.0 Å². The molecule has 0 aromatic heterocycles. The summed E-state index contributed by atoms with van der Waals surface area (Å²) >= 11 is 5.06. The molecule has 0 saturated carbocycles. The zero-order valence-electron chi connectivity index (χ0n) is 12.1. The molecule has 0 saturated heterocycles. The van der Waals surface area contributed by atoms with E-state index in [1.165, 1.54) is 0 Å². The van der Waals surface area contributed by atoms with E-state index in [1.54, 1.807) is 0 Å². The van der Waals surface area contributed by atoms with Crippen molar-refractivity contribution in [2.24, 2.45) is 5.73 Å². The topological polar surface area (TPSA) is 55.1 Å². The zero-order valence-corrected chi connectivity index (χ0v) is 12.9. The van der Waals surface area contributed by atoms with Crippen LogP contribution in [-0.2, 0) is 4.79 Å². The molecule has 0 aliphatic rings. The predicted octanol–water partition coefficient (Wildman–Crippen LogP) is 3.31. The van der Waals surface area contributed by atoms with Gasteiger partial charge in [-0.15, -0.1) is 0 Å². The van der Waals surface area contributed by atoms with E-state index in [9.17, 15) is 4.79 Å². The number of aryl methyl sites for hydroxylation is 2. The molecule has 1 unspecified atom stereocenters. The van der Waals surface area contributed by atoms with Crippen LogP contribution in [0.1, 0.15) is 22.6 Å².